The van der Waals surface area contributed by atoms with E-state index < -0.39 is 0 Å². The van der Waals surface area contributed by atoms with Gasteiger partial charge >= 0.3 is 0 Å². The Balaban J connectivity index is 3.07. The Kier molecular flexibility index (Phi) is 98.0. The van der Waals surface area contributed by atoms with Crippen molar-refractivity contribution in [3.8, 4) is 0 Å². The molecule has 0 aromatic heterocycles. The molecule has 0 radical (unpaired) electrons. The Morgan fingerprint density at radius 1 is 0.0746 bits per heavy atom. The van der Waals surface area contributed by atoms with Crippen molar-refractivity contribution >= 4 is 576 Å². The van der Waals surface area contributed by atoms with Crippen molar-refractivity contribution in [3.63, 3.8) is 0 Å². The second-order valence-corrected chi connectivity index (χ2v) is 628. The third-order valence-electron chi connectivity index (χ3n) is 16.2. The summed E-state index contributed by atoms with van der Waals surface area (Å²) in [6, 6.07) is 0. The van der Waals surface area contributed by atoms with Crippen LogP contribution in [0.25, 0.3) is 0 Å². The van der Waals surface area contributed by atoms with Crippen molar-refractivity contribution in [2.24, 2.45) is 0 Å². The maximum absolute atomic E-state index is 1.76. The van der Waals surface area contributed by atoms with E-state index in [4.69, 9.17) is 0 Å². The standard InChI is InChI=1S/H136Si67/c1-3-5-7-9-11-13-15-17-19-21-23-25-27-29-31-33-35-37-39-41-43-45-47-49-51-53-55-57-59-61-63-65-67-66-64-62-60-58-56-54-52-50-48-46-44-42-40-38-36-34-32-30-28-26-24-22-20-18-16-14-12-10-8-6-4-2/h3-67H2,1-2H3. The number of rotatable bonds is 64. The second-order valence-electron chi connectivity index (χ2n) is 23.3. The highest BCUT2D eigenvalue weighted by Gasteiger charge is 2.05. The van der Waals surface area contributed by atoms with Crippen LogP contribution in [0.5, 0.6) is 0 Å². The van der Waals surface area contributed by atoms with Crippen LogP contribution in [0.15, 0.2) is 0 Å². The summed E-state index contributed by atoms with van der Waals surface area (Å²) in [4.78, 5) is 0. The zero-order chi connectivity index (χ0) is 48.0. The molecule has 67 heavy (non-hydrogen) atoms. The van der Waals surface area contributed by atoms with Crippen LogP contribution in [0.4, 0.5) is 0 Å². The summed E-state index contributed by atoms with van der Waals surface area (Å²) in [6.45, 7) is 0. The molecule has 0 amide bonds. The van der Waals surface area contributed by atoms with Crippen LogP contribution in [0.1, 0.15) is 0 Å². The molecular weight excluding hydrogens is 1880 g/mol. The van der Waals surface area contributed by atoms with Gasteiger partial charge in [-0.15, -0.1) is 0 Å². The fourth-order valence-electron chi connectivity index (χ4n) is 11.3. The van der Waals surface area contributed by atoms with Crippen molar-refractivity contribution in [2.45, 2.75) is 0 Å². The summed E-state index contributed by atoms with van der Waals surface area (Å²) in [5.41, 5.74) is 0. The van der Waals surface area contributed by atoms with Crippen molar-refractivity contribution in [1.29, 1.82) is 0 Å². The molecule has 0 atom stereocenters. The van der Waals surface area contributed by atoms with E-state index >= 15 is 0 Å². The molecular formula is H136Si67. The molecule has 0 saturated carbocycles. The fraction of sp³-hybridized carbons (Fsp3) is 0. The molecule has 0 aliphatic rings. The van der Waals surface area contributed by atoms with Crippen LogP contribution in [0, 0.1) is 0 Å². The summed E-state index contributed by atoms with van der Waals surface area (Å²) in [5.74, 6) is 0. The van der Waals surface area contributed by atoms with E-state index in [0.29, 0.717) is 0 Å². The van der Waals surface area contributed by atoms with Gasteiger partial charge in [0.25, 0.3) is 0 Å². The van der Waals surface area contributed by atoms with Gasteiger partial charge in [0.15, 0.2) is 0 Å². The van der Waals surface area contributed by atoms with E-state index in [1.54, 1.807) is 19.5 Å². The maximum Gasteiger partial charge on any atom is -0.00934 e. The zero-order valence-electron chi connectivity index (χ0n) is 48.0. The van der Waals surface area contributed by atoms with Gasteiger partial charge in [-0.1, -0.05) is 0 Å². The molecule has 67 heteroatoms. The monoisotopic (exact) mass is 2010 g/mol. The largest absolute Gasteiger partial charge is 0.0120 e. The van der Waals surface area contributed by atoms with Crippen LogP contribution in [0.3, 0.4) is 0 Å². The molecule has 0 aliphatic heterocycles. The predicted octanol–water partition coefficient (Wildman–Crippen LogP) is -61.9. The highest BCUT2D eigenvalue weighted by atomic mass is 30.1. The van der Waals surface area contributed by atoms with Crippen LogP contribution >= 0.6 is 0 Å². The first-order valence-electron chi connectivity index (χ1n) is 33.4. The van der Waals surface area contributed by atoms with Gasteiger partial charge in [-0.05, 0) is 576 Å². The molecule has 0 N–H and O–H groups in total. The summed E-state index contributed by atoms with van der Waals surface area (Å²) in [5, 5.41) is 0. The lowest BCUT2D eigenvalue weighted by atomic mass is 26.1. The van der Waals surface area contributed by atoms with Crippen LogP contribution in [0.2, 0.25) is 0 Å². The molecule has 0 heterocycles. The Morgan fingerprint density at radius 3 is 0.164 bits per heavy atom. The smallest absolute Gasteiger partial charge is 0.00934 e. The van der Waals surface area contributed by atoms with Crippen molar-refractivity contribution in [3.05, 3.63) is 0 Å². The summed E-state index contributed by atoms with van der Waals surface area (Å²) >= 11 is 0. The molecule has 0 aromatic carbocycles. The van der Waals surface area contributed by atoms with Gasteiger partial charge in [-0.25, -0.2) is 0 Å². The second kappa shape index (κ2) is 80.5. The molecule has 0 saturated heterocycles. The molecule has 404 valence electrons. The minimum Gasteiger partial charge on any atom is -0.0120 e. The highest BCUT2D eigenvalue weighted by molar-refractivity contribution is 7.81. The third-order valence-corrected chi connectivity index (χ3v) is 1310. The van der Waals surface area contributed by atoms with E-state index in [1.807, 2.05) is 0 Å². The average Bonchev–Trinajstić information content (AvgIpc) is 3.34. The van der Waals surface area contributed by atoms with E-state index in [1.165, 1.54) is 0 Å². The maximum atomic E-state index is 1.76. The zero-order valence-corrected chi connectivity index (χ0v) is 144. The van der Waals surface area contributed by atoms with E-state index in [0.717, 1.165) is 556 Å². The van der Waals surface area contributed by atoms with Crippen LogP contribution in [-0.2, 0) is 0 Å². The molecule has 0 spiro atoms. The lowest BCUT2D eigenvalue weighted by Gasteiger charge is -2.01. The Bertz CT molecular complexity index is 719. The van der Waals surface area contributed by atoms with E-state index in [2.05, 4.69) is 0 Å². The summed E-state index contributed by atoms with van der Waals surface area (Å²) < 4.78 is 0. The first kappa shape index (κ1) is 81.5. The normalized spacial score (nSPS) is 23.5. The Labute approximate surface area is 564 Å². The predicted molar refractivity (Wildman–Crippen MR) is 575 cm³/mol. The third kappa shape index (κ3) is 80.5. The molecule has 0 nitrogen and oxygen atoms in total. The molecule has 0 bridgehead atoms. The highest BCUT2D eigenvalue weighted by Crippen LogP contribution is 1.68. The van der Waals surface area contributed by atoms with Crippen molar-refractivity contribution in [2.75, 3.05) is 0 Å². The molecule has 0 rings (SSSR count). The quantitative estimate of drug-likeness (QED) is 0.0421. The van der Waals surface area contributed by atoms with Gasteiger partial charge in [0.1, 0.15) is 0 Å². The topological polar surface area (TPSA) is 0 Å². The summed E-state index contributed by atoms with van der Waals surface area (Å²) in [7, 11) is 64.3. The Morgan fingerprint density at radius 2 is 0.119 bits per heavy atom. The average molecular weight is 2020 g/mol. The van der Waals surface area contributed by atoms with E-state index in [-0.39, 0.29) is 0 Å². The first-order valence-corrected chi connectivity index (χ1v) is 301. The SMILES string of the molecule is [SiH3][SiH2][SiH2][SiH2][SiH2][SiH2][SiH2][SiH2][SiH2][SiH2][SiH2][SiH2][SiH2][SiH2][SiH2][SiH2][SiH2][SiH2][SiH2][SiH2][SiH2][SiH2][SiH2][SiH2][SiH2][SiH2][SiH2][SiH2][SiH2][SiH2][SiH2][SiH2][SiH2][SiH2][SiH2][SiH2][SiH2][SiH2][SiH2][SiH2][SiH2][SiH2][SiH2][SiH2][SiH2][SiH2][SiH2][SiH2][SiH2][SiH2][SiH2][SiH2][SiH2][SiH2][SiH2][SiH2][SiH2][SiH2][SiH2][SiH2][SiH2][SiH2][SiH2][SiH2][SiH2][SiH2][SiH3]. The van der Waals surface area contributed by atoms with Gasteiger partial charge in [-0.2, -0.15) is 0 Å². The van der Waals surface area contributed by atoms with Crippen LogP contribution in [-0.4, -0.2) is 576 Å². The minimum atomic E-state index is 0.819. The molecule has 0 unspecified atom stereocenters. The van der Waals surface area contributed by atoms with Gasteiger partial charge in [-0.3, -0.25) is 0 Å². The van der Waals surface area contributed by atoms with Crippen molar-refractivity contribution < 1.29 is 0 Å². The minimum absolute atomic E-state index is 0.819. The lowest BCUT2D eigenvalue weighted by molar-refractivity contribution is 3.76. The fourth-order valence-corrected chi connectivity index (χ4v) is 2740. The summed E-state index contributed by atoms with van der Waals surface area (Å²) in [6.07, 6.45) is 0. The molecule has 0 aromatic rings. The number of hydrogen-bond donors (Lipinski definition) is 0. The van der Waals surface area contributed by atoms with Crippen molar-refractivity contribution in [1.82, 2.24) is 0 Å². The van der Waals surface area contributed by atoms with Crippen LogP contribution < -0.4 is 0 Å². The first-order chi connectivity index (χ1) is 33.4. The van der Waals surface area contributed by atoms with Gasteiger partial charge in [0.05, 0.1) is 0 Å². The molecule has 0 fully saturated rings. The van der Waals surface area contributed by atoms with Gasteiger partial charge in [0, 0.05) is 0 Å². The number of hydrogen-bond acceptors (Lipinski definition) is 0. The lowest BCUT2D eigenvalue weighted by Crippen LogP contribution is -2.38. The Hall–Kier alpha value is 14.5. The van der Waals surface area contributed by atoms with E-state index in [9.17, 15) is 0 Å². The van der Waals surface area contributed by atoms with Gasteiger partial charge in [0.2, 0.25) is 0 Å². The van der Waals surface area contributed by atoms with Gasteiger partial charge < -0.3 is 0 Å². The molecule has 0 aliphatic carbocycles.